The number of nitrogens with zero attached hydrogens (tertiary/aromatic N) is 2. The molecular weight excluding hydrogens is 202 g/mol. The van der Waals surface area contributed by atoms with Crippen molar-refractivity contribution in [2.75, 3.05) is 11.9 Å². The lowest BCUT2D eigenvalue weighted by atomic mass is 9.90. The lowest BCUT2D eigenvalue weighted by Crippen LogP contribution is -2.28. The Kier molecular flexibility index (Phi) is 4.10. The second-order valence-electron chi connectivity index (χ2n) is 4.74. The quantitative estimate of drug-likeness (QED) is 0.831. The molecule has 1 N–H and O–H groups in total. The molecule has 90 valence electrons. The van der Waals surface area contributed by atoms with Gasteiger partial charge in [-0.15, -0.1) is 0 Å². The van der Waals surface area contributed by atoms with Crippen LogP contribution in [0, 0.1) is 5.41 Å². The molecule has 4 nitrogen and oxygen atoms in total. The molecule has 0 aliphatic heterocycles. The van der Waals surface area contributed by atoms with Gasteiger partial charge in [-0.05, 0) is 18.8 Å². The van der Waals surface area contributed by atoms with Gasteiger partial charge in [-0.25, -0.2) is 4.98 Å². The molecule has 0 atom stereocenters. The zero-order chi connectivity index (χ0) is 12.2. The molecule has 1 aromatic heterocycles. The van der Waals surface area contributed by atoms with Gasteiger partial charge in [0.1, 0.15) is 0 Å². The van der Waals surface area contributed by atoms with E-state index < -0.39 is 0 Å². The van der Waals surface area contributed by atoms with Crippen LogP contribution in [0.5, 0.6) is 0 Å². The van der Waals surface area contributed by atoms with Crippen molar-refractivity contribution >= 4 is 5.82 Å². The minimum absolute atomic E-state index is 0.0445. The van der Waals surface area contributed by atoms with Crippen molar-refractivity contribution in [3.63, 3.8) is 0 Å². The van der Waals surface area contributed by atoms with Crippen molar-refractivity contribution < 1.29 is 0 Å². The van der Waals surface area contributed by atoms with Crippen LogP contribution in [0.25, 0.3) is 0 Å². The zero-order valence-electron chi connectivity index (χ0n) is 10.6. The van der Waals surface area contributed by atoms with Gasteiger partial charge in [0.05, 0.1) is 0 Å². The van der Waals surface area contributed by atoms with Crippen molar-refractivity contribution in [1.29, 1.82) is 0 Å². The Morgan fingerprint density at radius 1 is 1.44 bits per heavy atom. The maximum Gasteiger partial charge on any atom is 0.293 e. The SMILES string of the molecule is CCn1ccnc(NCC(C)(C)CC)c1=O. The van der Waals surface area contributed by atoms with Crippen molar-refractivity contribution in [2.24, 2.45) is 5.41 Å². The van der Waals surface area contributed by atoms with Crippen molar-refractivity contribution in [3.05, 3.63) is 22.7 Å². The third-order valence-electron chi connectivity index (χ3n) is 2.95. The van der Waals surface area contributed by atoms with Gasteiger partial charge in [0.15, 0.2) is 5.82 Å². The van der Waals surface area contributed by atoms with Crippen molar-refractivity contribution in [1.82, 2.24) is 9.55 Å². The third kappa shape index (κ3) is 3.08. The molecule has 1 aromatic rings. The van der Waals surface area contributed by atoms with Crippen LogP contribution in [0.1, 0.15) is 34.1 Å². The fourth-order valence-electron chi connectivity index (χ4n) is 1.27. The van der Waals surface area contributed by atoms with Gasteiger partial charge in [-0.3, -0.25) is 4.79 Å². The van der Waals surface area contributed by atoms with E-state index >= 15 is 0 Å². The van der Waals surface area contributed by atoms with Gasteiger partial charge in [0, 0.05) is 25.5 Å². The number of hydrogen-bond donors (Lipinski definition) is 1. The van der Waals surface area contributed by atoms with E-state index in [-0.39, 0.29) is 11.0 Å². The highest BCUT2D eigenvalue weighted by atomic mass is 16.1. The number of anilines is 1. The normalized spacial score (nSPS) is 11.5. The Labute approximate surface area is 96.7 Å². The van der Waals surface area contributed by atoms with Crippen LogP contribution >= 0.6 is 0 Å². The highest BCUT2D eigenvalue weighted by molar-refractivity contribution is 5.30. The Morgan fingerprint density at radius 2 is 2.12 bits per heavy atom. The van der Waals surface area contributed by atoms with E-state index in [0.717, 1.165) is 13.0 Å². The molecule has 0 fully saturated rings. The maximum atomic E-state index is 11.8. The fourth-order valence-corrected chi connectivity index (χ4v) is 1.27. The van der Waals surface area contributed by atoms with Gasteiger partial charge in [0.2, 0.25) is 0 Å². The number of aryl methyl sites for hydroxylation is 1. The molecule has 0 radical (unpaired) electrons. The fraction of sp³-hybridized carbons (Fsp3) is 0.667. The van der Waals surface area contributed by atoms with Crippen molar-refractivity contribution in [3.8, 4) is 0 Å². The molecule has 0 aromatic carbocycles. The van der Waals surface area contributed by atoms with Crippen LogP contribution in [0.3, 0.4) is 0 Å². The predicted molar refractivity (Wildman–Crippen MR) is 66.7 cm³/mol. The Balaban J connectivity index is 2.79. The molecule has 0 saturated heterocycles. The summed E-state index contributed by atoms with van der Waals surface area (Å²) < 4.78 is 1.65. The van der Waals surface area contributed by atoms with E-state index in [4.69, 9.17) is 0 Å². The van der Waals surface area contributed by atoms with Gasteiger partial charge in [-0.1, -0.05) is 20.8 Å². The third-order valence-corrected chi connectivity index (χ3v) is 2.95. The molecular formula is C12H21N3O. The van der Waals surface area contributed by atoms with E-state index in [1.54, 1.807) is 17.0 Å². The summed E-state index contributed by atoms with van der Waals surface area (Å²) in [6.07, 6.45) is 4.43. The molecule has 0 aliphatic carbocycles. The molecule has 1 rings (SSSR count). The first-order valence-electron chi connectivity index (χ1n) is 5.79. The van der Waals surface area contributed by atoms with Gasteiger partial charge in [-0.2, -0.15) is 0 Å². The van der Waals surface area contributed by atoms with E-state index in [1.807, 2.05) is 6.92 Å². The average Bonchev–Trinajstić information content (AvgIpc) is 2.28. The molecule has 0 aliphatic rings. The number of rotatable bonds is 5. The highest BCUT2D eigenvalue weighted by Gasteiger charge is 2.15. The number of hydrogen-bond acceptors (Lipinski definition) is 3. The van der Waals surface area contributed by atoms with Crippen LogP contribution in [0.15, 0.2) is 17.2 Å². The Hall–Kier alpha value is -1.32. The minimum atomic E-state index is -0.0445. The molecule has 0 bridgehead atoms. The van der Waals surface area contributed by atoms with Crippen LogP contribution in [0.4, 0.5) is 5.82 Å². The first-order chi connectivity index (χ1) is 7.50. The van der Waals surface area contributed by atoms with Crippen LogP contribution in [0.2, 0.25) is 0 Å². The zero-order valence-corrected chi connectivity index (χ0v) is 10.6. The van der Waals surface area contributed by atoms with E-state index in [2.05, 4.69) is 31.1 Å². The maximum absolute atomic E-state index is 11.8. The summed E-state index contributed by atoms with van der Waals surface area (Å²) in [5.41, 5.74) is 0.137. The summed E-state index contributed by atoms with van der Waals surface area (Å²) in [4.78, 5) is 15.9. The lowest BCUT2D eigenvalue weighted by Gasteiger charge is -2.22. The first-order valence-corrected chi connectivity index (χ1v) is 5.79. The smallest absolute Gasteiger partial charge is 0.293 e. The predicted octanol–water partition coefficient (Wildman–Crippen LogP) is 2.11. The molecule has 1 heterocycles. The minimum Gasteiger partial charge on any atom is -0.365 e. The molecule has 0 saturated carbocycles. The summed E-state index contributed by atoms with van der Waals surface area (Å²) in [5, 5.41) is 3.13. The second-order valence-corrected chi connectivity index (χ2v) is 4.74. The monoisotopic (exact) mass is 223 g/mol. The van der Waals surface area contributed by atoms with E-state index in [0.29, 0.717) is 12.4 Å². The van der Waals surface area contributed by atoms with Crippen LogP contribution in [-0.4, -0.2) is 16.1 Å². The second kappa shape index (κ2) is 5.14. The van der Waals surface area contributed by atoms with Gasteiger partial charge in [0.25, 0.3) is 5.56 Å². The molecule has 0 spiro atoms. The number of aromatic nitrogens is 2. The highest BCUT2D eigenvalue weighted by Crippen LogP contribution is 2.18. The summed E-state index contributed by atoms with van der Waals surface area (Å²) >= 11 is 0. The summed E-state index contributed by atoms with van der Waals surface area (Å²) in [5.74, 6) is 0.450. The summed E-state index contributed by atoms with van der Waals surface area (Å²) in [6, 6.07) is 0. The largest absolute Gasteiger partial charge is 0.365 e. The molecule has 16 heavy (non-hydrogen) atoms. The summed E-state index contributed by atoms with van der Waals surface area (Å²) in [7, 11) is 0. The average molecular weight is 223 g/mol. The van der Waals surface area contributed by atoms with Gasteiger partial charge < -0.3 is 9.88 Å². The molecule has 0 amide bonds. The Bertz CT molecular complexity index is 395. The van der Waals surface area contributed by atoms with Gasteiger partial charge >= 0.3 is 0 Å². The number of nitrogens with one attached hydrogen (secondary N) is 1. The summed E-state index contributed by atoms with van der Waals surface area (Å²) in [6.45, 7) is 9.86. The Morgan fingerprint density at radius 3 is 2.69 bits per heavy atom. The first kappa shape index (κ1) is 12.7. The van der Waals surface area contributed by atoms with E-state index in [1.165, 1.54) is 0 Å². The standard InChI is InChI=1S/C12H21N3O/c1-5-12(3,4)9-14-10-11(16)15(6-2)8-7-13-10/h7-8H,5-6,9H2,1-4H3,(H,13,14). The van der Waals surface area contributed by atoms with Crippen LogP contribution in [-0.2, 0) is 6.54 Å². The molecule has 0 unspecified atom stereocenters. The van der Waals surface area contributed by atoms with Crippen LogP contribution < -0.4 is 10.9 Å². The molecule has 4 heteroatoms. The lowest BCUT2D eigenvalue weighted by molar-refractivity contribution is 0.376. The van der Waals surface area contributed by atoms with Crippen molar-refractivity contribution in [2.45, 2.75) is 40.7 Å². The van der Waals surface area contributed by atoms with E-state index in [9.17, 15) is 4.79 Å². The topological polar surface area (TPSA) is 46.9 Å².